The van der Waals surface area contributed by atoms with Crippen molar-refractivity contribution in [3.05, 3.63) is 60.3 Å². The third-order valence-corrected chi connectivity index (χ3v) is 4.91. The summed E-state index contributed by atoms with van der Waals surface area (Å²) in [7, 11) is 2.63. The van der Waals surface area contributed by atoms with Gasteiger partial charge in [-0.1, -0.05) is 23.2 Å². The molecule has 0 aliphatic heterocycles. The molecule has 2 N–H and O–H groups in total. The lowest BCUT2D eigenvalue weighted by Crippen LogP contribution is -2.42. The lowest BCUT2D eigenvalue weighted by atomic mass is 10.1. The molecule has 0 bridgehead atoms. The Morgan fingerprint density at radius 3 is 2.54 bits per heavy atom. The number of nitrogens with two attached hydrogens (primary N) is 1. The first-order valence-electron chi connectivity index (χ1n) is 8.10. The third kappa shape index (κ3) is 3.25. The molecule has 146 valence electrons. The summed E-state index contributed by atoms with van der Waals surface area (Å²) in [5.74, 6) is -0.762. The van der Waals surface area contributed by atoms with Gasteiger partial charge in [0.2, 0.25) is 5.78 Å². The second-order valence-electron chi connectivity index (χ2n) is 6.20. The van der Waals surface area contributed by atoms with Crippen LogP contribution in [0.4, 0.5) is 5.82 Å². The first-order valence-corrected chi connectivity index (χ1v) is 8.86. The van der Waals surface area contributed by atoms with Crippen LogP contribution in [0.25, 0.3) is 10.9 Å². The van der Waals surface area contributed by atoms with E-state index in [0.29, 0.717) is 21.6 Å². The van der Waals surface area contributed by atoms with E-state index in [1.165, 1.54) is 20.2 Å². The number of benzene rings is 1. The quantitative estimate of drug-likeness (QED) is 0.644. The van der Waals surface area contributed by atoms with E-state index in [2.05, 4.69) is 4.98 Å². The second kappa shape index (κ2) is 7.29. The van der Waals surface area contributed by atoms with Crippen molar-refractivity contribution in [2.75, 3.05) is 12.3 Å². The zero-order valence-electron chi connectivity index (χ0n) is 15.2. The highest BCUT2D eigenvalue weighted by atomic mass is 35.5. The lowest BCUT2D eigenvalue weighted by molar-refractivity contribution is 0.0920. The molecule has 0 radical (unpaired) electrons. The van der Waals surface area contributed by atoms with Crippen LogP contribution in [0, 0.1) is 6.92 Å². The van der Waals surface area contributed by atoms with Gasteiger partial charge in [-0.2, -0.15) is 0 Å². The molecular weight excluding hydrogens is 407 g/mol. The van der Waals surface area contributed by atoms with E-state index in [4.69, 9.17) is 33.7 Å². The van der Waals surface area contributed by atoms with Crippen LogP contribution in [-0.2, 0) is 14.1 Å². The Bertz CT molecular complexity index is 1250. The van der Waals surface area contributed by atoms with Gasteiger partial charge in [-0.15, -0.1) is 0 Å². The minimum Gasteiger partial charge on any atom is -0.482 e. The van der Waals surface area contributed by atoms with Crippen molar-refractivity contribution in [1.29, 1.82) is 0 Å². The Balaban J connectivity index is 2.03. The fourth-order valence-electron chi connectivity index (χ4n) is 2.76. The van der Waals surface area contributed by atoms with Crippen LogP contribution in [0.15, 0.2) is 27.8 Å². The monoisotopic (exact) mass is 422 g/mol. The first kappa shape index (κ1) is 19.9. The number of fused-ring (bicyclic) bond motifs is 1. The number of hydrogen-bond donors (Lipinski definition) is 1. The maximum Gasteiger partial charge on any atom is 0.332 e. The zero-order valence-corrected chi connectivity index (χ0v) is 16.8. The molecule has 0 saturated heterocycles. The van der Waals surface area contributed by atoms with Gasteiger partial charge in [0.1, 0.15) is 16.9 Å². The summed E-state index contributed by atoms with van der Waals surface area (Å²) >= 11 is 12.4. The molecule has 28 heavy (non-hydrogen) atoms. The molecule has 0 spiro atoms. The number of nitrogen functional groups attached to an aromatic ring is 1. The number of halogens is 2. The van der Waals surface area contributed by atoms with Gasteiger partial charge >= 0.3 is 5.69 Å². The number of carbonyl (C=O) groups is 1. The molecule has 2 aromatic heterocycles. The van der Waals surface area contributed by atoms with Crippen LogP contribution in [0.5, 0.6) is 5.75 Å². The van der Waals surface area contributed by atoms with E-state index in [0.717, 1.165) is 9.13 Å². The molecule has 1 aromatic carbocycles. The van der Waals surface area contributed by atoms with E-state index < -0.39 is 23.6 Å². The third-order valence-electron chi connectivity index (χ3n) is 4.31. The van der Waals surface area contributed by atoms with Gasteiger partial charge in [0.15, 0.2) is 12.4 Å². The normalized spacial score (nSPS) is 11.0. The van der Waals surface area contributed by atoms with Crippen LogP contribution < -0.4 is 21.7 Å². The van der Waals surface area contributed by atoms with Crippen LogP contribution >= 0.6 is 23.2 Å². The van der Waals surface area contributed by atoms with Gasteiger partial charge in [-0.05, 0) is 25.1 Å². The number of nitrogens with zero attached hydrogens (tertiary/aromatic N) is 3. The summed E-state index contributed by atoms with van der Waals surface area (Å²) in [6, 6.07) is 5.04. The van der Waals surface area contributed by atoms with Crippen molar-refractivity contribution >= 4 is 45.7 Å². The number of ketones is 1. The summed E-state index contributed by atoms with van der Waals surface area (Å²) in [4.78, 5) is 41.2. The number of pyridine rings is 1. The summed E-state index contributed by atoms with van der Waals surface area (Å²) in [6.07, 6.45) is 0. The van der Waals surface area contributed by atoms with Crippen LogP contribution in [0.3, 0.4) is 0 Å². The predicted molar refractivity (Wildman–Crippen MR) is 108 cm³/mol. The minimum absolute atomic E-state index is 0.165. The first-order chi connectivity index (χ1) is 13.1. The number of ether oxygens (including phenoxy) is 1. The van der Waals surface area contributed by atoms with Gasteiger partial charge in [-0.3, -0.25) is 18.7 Å². The fourth-order valence-corrected chi connectivity index (χ4v) is 3.33. The number of carbonyl (C=O) groups excluding carboxylic acids is 1. The molecule has 0 fully saturated rings. The number of aryl methyl sites for hydroxylation is 1. The fraction of sp³-hybridized carbons (Fsp3) is 0.222. The predicted octanol–water partition coefficient (Wildman–Crippen LogP) is 2.09. The summed E-state index contributed by atoms with van der Waals surface area (Å²) in [5, 5.41) is 1.17. The molecule has 3 rings (SSSR count). The smallest absolute Gasteiger partial charge is 0.332 e. The maximum absolute atomic E-state index is 12.6. The largest absolute Gasteiger partial charge is 0.482 e. The van der Waals surface area contributed by atoms with E-state index in [1.807, 2.05) is 0 Å². The van der Waals surface area contributed by atoms with Crippen LogP contribution in [0.2, 0.25) is 10.0 Å². The molecule has 10 heteroatoms. The van der Waals surface area contributed by atoms with E-state index >= 15 is 0 Å². The Morgan fingerprint density at radius 2 is 1.86 bits per heavy atom. The number of anilines is 1. The number of Topliss-reactive ketones (excluding diaryl/α,β-unsaturated/α-hetero) is 1. The molecule has 0 saturated carbocycles. The van der Waals surface area contributed by atoms with E-state index in [1.54, 1.807) is 19.1 Å². The molecule has 0 unspecified atom stereocenters. The van der Waals surface area contributed by atoms with Crippen molar-refractivity contribution in [2.24, 2.45) is 14.1 Å². The van der Waals surface area contributed by atoms with Gasteiger partial charge in [0.05, 0.1) is 10.0 Å². The van der Waals surface area contributed by atoms with Gasteiger partial charge in [0, 0.05) is 25.2 Å². The van der Waals surface area contributed by atoms with Crippen molar-refractivity contribution in [1.82, 2.24) is 14.1 Å². The molecule has 0 amide bonds. The average molecular weight is 423 g/mol. The van der Waals surface area contributed by atoms with Crippen molar-refractivity contribution in [2.45, 2.75) is 6.92 Å². The highest BCUT2D eigenvalue weighted by Crippen LogP contribution is 2.37. The SMILES string of the molecule is Cc1ccc2c(Cl)cc(Cl)c(OCC(=O)c3c(N)n(C)c(=O)n(C)c3=O)c2n1. The standard InChI is InChI=1S/C18H16Cl2N4O4/c1-8-4-5-9-10(19)6-11(20)15(14(9)22-8)28-7-12(25)13-16(21)23(2)18(27)24(3)17(13)26/h4-6H,7,21H2,1-3H3. The highest BCUT2D eigenvalue weighted by Gasteiger charge is 2.22. The summed E-state index contributed by atoms with van der Waals surface area (Å²) in [6.45, 7) is 1.27. The number of hydrogen-bond acceptors (Lipinski definition) is 6. The Labute approximate surface area is 169 Å². The summed E-state index contributed by atoms with van der Waals surface area (Å²) < 4.78 is 7.43. The van der Waals surface area contributed by atoms with Gasteiger partial charge in [0.25, 0.3) is 5.56 Å². The minimum atomic E-state index is -0.796. The Kier molecular flexibility index (Phi) is 5.18. The number of rotatable bonds is 4. The van der Waals surface area contributed by atoms with Crippen molar-refractivity contribution < 1.29 is 9.53 Å². The average Bonchev–Trinajstić information content (AvgIpc) is 2.64. The lowest BCUT2D eigenvalue weighted by Gasteiger charge is -2.13. The molecule has 0 aliphatic rings. The van der Waals surface area contributed by atoms with Crippen molar-refractivity contribution in [3.8, 4) is 5.75 Å². The summed E-state index contributed by atoms with van der Waals surface area (Å²) in [5.41, 5.74) is 5.14. The Hall–Kier alpha value is -2.84. The topological polar surface area (TPSA) is 109 Å². The Morgan fingerprint density at radius 1 is 1.18 bits per heavy atom. The molecule has 3 aromatic rings. The molecule has 0 atom stereocenters. The van der Waals surface area contributed by atoms with Crippen molar-refractivity contribution in [3.63, 3.8) is 0 Å². The number of aromatic nitrogens is 3. The molecule has 8 nitrogen and oxygen atoms in total. The highest BCUT2D eigenvalue weighted by molar-refractivity contribution is 6.39. The molecule has 0 aliphatic carbocycles. The van der Waals surface area contributed by atoms with Crippen LogP contribution in [-0.4, -0.2) is 26.5 Å². The second-order valence-corrected chi connectivity index (χ2v) is 7.01. The van der Waals surface area contributed by atoms with Crippen LogP contribution in [0.1, 0.15) is 16.1 Å². The van der Waals surface area contributed by atoms with E-state index in [-0.39, 0.29) is 22.2 Å². The molecule has 2 heterocycles. The van der Waals surface area contributed by atoms with Gasteiger partial charge < -0.3 is 10.5 Å². The van der Waals surface area contributed by atoms with Gasteiger partial charge in [-0.25, -0.2) is 9.78 Å². The van der Waals surface area contributed by atoms with E-state index in [9.17, 15) is 14.4 Å². The molecular formula is C18H16Cl2N4O4. The zero-order chi connectivity index (χ0) is 20.7. The maximum atomic E-state index is 12.6.